The Morgan fingerprint density at radius 3 is 2.55 bits per heavy atom. The molecule has 0 amide bonds. The summed E-state index contributed by atoms with van der Waals surface area (Å²) in [6.07, 6.45) is 1.71. The minimum atomic E-state index is -0.894. The molecule has 1 unspecified atom stereocenters. The van der Waals surface area contributed by atoms with E-state index in [0.717, 1.165) is 27.6 Å². The van der Waals surface area contributed by atoms with Crippen molar-refractivity contribution in [1.29, 1.82) is 0 Å². The minimum absolute atomic E-state index is 0.0742. The highest BCUT2D eigenvalue weighted by Gasteiger charge is 2.11. The van der Waals surface area contributed by atoms with Gasteiger partial charge in [-0.3, -0.25) is 9.78 Å². The second-order valence-corrected chi connectivity index (χ2v) is 5.21. The first-order chi connectivity index (χ1) is 10.6. The number of aliphatic carboxylic acids is 1. The van der Waals surface area contributed by atoms with Crippen LogP contribution >= 0.6 is 0 Å². The lowest BCUT2D eigenvalue weighted by molar-refractivity contribution is -0.137. The molecule has 22 heavy (non-hydrogen) atoms. The molecule has 1 atom stereocenters. The molecule has 1 aromatic heterocycles. The summed E-state index contributed by atoms with van der Waals surface area (Å²) in [5.41, 5.74) is 9.74. The molecule has 0 spiro atoms. The van der Waals surface area contributed by atoms with Crippen molar-refractivity contribution in [1.82, 2.24) is 4.98 Å². The van der Waals surface area contributed by atoms with Crippen molar-refractivity contribution in [3.8, 4) is 11.1 Å². The van der Waals surface area contributed by atoms with Crippen LogP contribution in [0.4, 0.5) is 0 Å². The van der Waals surface area contributed by atoms with Gasteiger partial charge in [-0.2, -0.15) is 0 Å². The number of carboxylic acids is 1. The van der Waals surface area contributed by atoms with Crippen LogP contribution in [-0.2, 0) is 4.79 Å². The van der Waals surface area contributed by atoms with Crippen molar-refractivity contribution < 1.29 is 9.90 Å². The Hall–Kier alpha value is -2.72. The Kier molecular flexibility index (Phi) is 3.85. The molecule has 0 bridgehead atoms. The van der Waals surface area contributed by atoms with Crippen LogP contribution < -0.4 is 5.73 Å². The third-order valence-electron chi connectivity index (χ3n) is 3.68. The van der Waals surface area contributed by atoms with E-state index in [9.17, 15) is 4.79 Å². The second-order valence-electron chi connectivity index (χ2n) is 5.21. The molecule has 0 aliphatic carbocycles. The lowest BCUT2D eigenvalue weighted by Gasteiger charge is -2.11. The van der Waals surface area contributed by atoms with Crippen molar-refractivity contribution in [2.45, 2.75) is 12.5 Å². The fraction of sp³-hybridized carbons (Fsp3) is 0.111. The monoisotopic (exact) mass is 292 g/mol. The van der Waals surface area contributed by atoms with Crippen LogP contribution in [0.2, 0.25) is 0 Å². The number of nitrogens with two attached hydrogens (primary N) is 1. The molecule has 3 N–H and O–H groups in total. The Morgan fingerprint density at radius 1 is 1.09 bits per heavy atom. The summed E-state index contributed by atoms with van der Waals surface area (Å²) in [6.45, 7) is 0. The number of aromatic nitrogens is 1. The van der Waals surface area contributed by atoms with Crippen molar-refractivity contribution in [3.63, 3.8) is 0 Å². The molecule has 0 saturated heterocycles. The summed E-state index contributed by atoms with van der Waals surface area (Å²) < 4.78 is 0. The Labute approximate surface area is 128 Å². The number of carboxylic acid groups (broad SMARTS) is 1. The average Bonchev–Trinajstić information content (AvgIpc) is 2.54. The van der Waals surface area contributed by atoms with E-state index in [-0.39, 0.29) is 6.42 Å². The number of pyridine rings is 1. The summed E-state index contributed by atoms with van der Waals surface area (Å²) in [7, 11) is 0. The number of nitrogens with zero attached hydrogens (tertiary/aromatic N) is 1. The number of para-hydroxylation sites is 1. The van der Waals surface area contributed by atoms with Gasteiger partial charge in [-0.25, -0.2) is 0 Å². The molecule has 0 saturated carbocycles. The highest BCUT2D eigenvalue weighted by Crippen LogP contribution is 2.28. The standard InChI is InChI=1S/C18H16N2O2/c19-16(11-17(21)22)13-8-6-12(7-9-13)15-5-1-3-14-4-2-10-20-18(14)15/h1-10,16H,11,19H2,(H,21,22). The molecule has 0 aliphatic rings. The number of hydrogen-bond donors (Lipinski definition) is 2. The van der Waals surface area contributed by atoms with Crippen LogP contribution in [0.3, 0.4) is 0 Å². The van der Waals surface area contributed by atoms with Crippen LogP contribution in [0.15, 0.2) is 60.8 Å². The third kappa shape index (κ3) is 2.82. The van der Waals surface area contributed by atoms with Crippen molar-refractivity contribution >= 4 is 16.9 Å². The first kappa shape index (κ1) is 14.2. The zero-order valence-corrected chi connectivity index (χ0v) is 11.9. The quantitative estimate of drug-likeness (QED) is 0.773. The molecule has 0 aliphatic heterocycles. The highest BCUT2D eigenvalue weighted by molar-refractivity contribution is 5.93. The molecule has 1 heterocycles. The van der Waals surface area contributed by atoms with Gasteiger partial charge in [0.05, 0.1) is 11.9 Å². The molecule has 2 aromatic carbocycles. The summed E-state index contributed by atoms with van der Waals surface area (Å²) in [6, 6.07) is 17.2. The van der Waals surface area contributed by atoms with Crippen LogP contribution in [-0.4, -0.2) is 16.1 Å². The van der Waals surface area contributed by atoms with Crippen LogP contribution in [0.25, 0.3) is 22.0 Å². The minimum Gasteiger partial charge on any atom is -0.481 e. The fourth-order valence-electron chi connectivity index (χ4n) is 2.55. The smallest absolute Gasteiger partial charge is 0.305 e. The first-order valence-corrected chi connectivity index (χ1v) is 7.06. The van der Waals surface area contributed by atoms with Gasteiger partial charge in [-0.1, -0.05) is 48.5 Å². The van der Waals surface area contributed by atoms with Gasteiger partial charge in [-0.15, -0.1) is 0 Å². The molecular weight excluding hydrogens is 276 g/mol. The fourth-order valence-corrected chi connectivity index (χ4v) is 2.55. The van der Waals surface area contributed by atoms with Crippen LogP contribution in [0.1, 0.15) is 18.0 Å². The predicted molar refractivity (Wildman–Crippen MR) is 86.4 cm³/mol. The van der Waals surface area contributed by atoms with Gasteiger partial charge in [0.2, 0.25) is 0 Å². The Morgan fingerprint density at radius 2 is 1.82 bits per heavy atom. The van der Waals surface area contributed by atoms with E-state index in [4.69, 9.17) is 10.8 Å². The van der Waals surface area contributed by atoms with E-state index in [0.29, 0.717) is 0 Å². The molecule has 4 heteroatoms. The molecule has 4 nitrogen and oxygen atoms in total. The number of carbonyl (C=O) groups is 1. The van der Waals surface area contributed by atoms with Crippen LogP contribution in [0.5, 0.6) is 0 Å². The maximum atomic E-state index is 10.7. The summed E-state index contributed by atoms with van der Waals surface area (Å²) in [5, 5.41) is 9.90. The molecule has 110 valence electrons. The largest absolute Gasteiger partial charge is 0.481 e. The van der Waals surface area contributed by atoms with Gasteiger partial charge in [0, 0.05) is 23.2 Å². The van der Waals surface area contributed by atoms with Crippen molar-refractivity contribution in [2.24, 2.45) is 5.73 Å². The molecule has 0 radical (unpaired) electrons. The normalized spacial score (nSPS) is 12.2. The van der Waals surface area contributed by atoms with Gasteiger partial charge in [0.25, 0.3) is 0 Å². The molecule has 0 fully saturated rings. The SMILES string of the molecule is NC(CC(=O)O)c1ccc(-c2cccc3cccnc23)cc1. The van der Waals surface area contributed by atoms with Crippen LogP contribution in [0, 0.1) is 0 Å². The maximum Gasteiger partial charge on any atom is 0.305 e. The van der Waals surface area contributed by atoms with E-state index >= 15 is 0 Å². The Balaban J connectivity index is 1.97. The third-order valence-corrected chi connectivity index (χ3v) is 3.68. The van der Waals surface area contributed by atoms with Gasteiger partial charge in [0.1, 0.15) is 0 Å². The lowest BCUT2D eigenvalue weighted by atomic mass is 9.98. The van der Waals surface area contributed by atoms with E-state index < -0.39 is 12.0 Å². The zero-order chi connectivity index (χ0) is 15.5. The number of hydrogen-bond acceptors (Lipinski definition) is 3. The second kappa shape index (κ2) is 5.95. The first-order valence-electron chi connectivity index (χ1n) is 7.06. The number of rotatable bonds is 4. The predicted octanol–water partition coefficient (Wildman–Crippen LogP) is 3.38. The van der Waals surface area contributed by atoms with E-state index in [1.165, 1.54) is 0 Å². The molecule has 3 rings (SSSR count). The van der Waals surface area contributed by atoms with E-state index in [2.05, 4.69) is 4.98 Å². The summed E-state index contributed by atoms with van der Waals surface area (Å²) >= 11 is 0. The van der Waals surface area contributed by atoms with Crippen molar-refractivity contribution in [2.75, 3.05) is 0 Å². The molecule has 3 aromatic rings. The molecular formula is C18H16N2O2. The number of benzene rings is 2. The number of fused-ring (bicyclic) bond motifs is 1. The topological polar surface area (TPSA) is 76.2 Å². The summed E-state index contributed by atoms with van der Waals surface area (Å²) in [4.78, 5) is 15.2. The van der Waals surface area contributed by atoms with Gasteiger partial charge in [0.15, 0.2) is 0 Å². The van der Waals surface area contributed by atoms with Crippen molar-refractivity contribution in [3.05, 3.63) is 66.4 Å². The maximum absolute atomic E-state index is 10.7. The van der Waals surface area contributed by atoms with Gasteiger partial charge >= 0.3 is 5.97 Å². The van der Waals surface area contributed by atoms with E-state index in [1.54, 1.807) is 6.20 Å². The van der Waals surface area contributed by atoms with Gasteiger partial charge in [-0.05, 0) is 17.2 Å². The average molecular weight is 292 g/mol. The zero-order valence-electron chi connectivity index (χ0n) is 11.9. The van der Waals surface area contributed by atoms with Gasteiger partial charge < -0.3 is 10.8 Å². The lowest BCUT2D eigenvalue weighted by Crippen LogP contribution is -2.14. The van der Waals surface area contributed by atoms with E-state index in [1.807, 2.05) is 54.6 Å². The summed E-state index contributed by atoms with van der Waals surface area (Å²) in [5.74, 6) is -0.894. The highest BCUT2D eigenvalue weighted by atomic mass is 16.4. The Bertz CT molecular complexity index is 807.